The summed E-state index contributed by atoms with van der Waals surface area (Å²) in [7, 11) is 0. The van der Waals surface area contributed by atoms with E-state index in [1.165, 1.54) is 10.5 Å². The number of allylic oxidation sites excluding steroid dienone is 3. The molecule has 0 nitrogen and oxygen atoms in total. The van der Waals surface area contributed by atoms with Crippen LogP contribution in [-0.4, -0.2) is 4.75 Å². The van der Waals surface area contributed by atoms with Gasteiger partial charge in [0.15, 0.2) is 0 Å². The van der Waals surface area contributed by atoms with E-state index in [4.69, 9.17) is 0 Å². The summed E-state index contributed by atoms with van der Waals surface area (Å²) in [6.45, 7) is 18.5. The van der Waals surface area contributed by atoms with E-state index < -0.39 is 0 Å². The molecule has 0 N–H and O–H groups in total. The van der Waals surface area contributed by atoms with Gasteiger partial charge in [-0.1, -0.05) is 60.6 Å². The SMILES string of the molecule is CC1=CC(C(C)(C)C)[C@H](C)C=C1SC(C)(C)C. The van der Waals surface area contributed by atoms with Gasteiger partial charge in [0.05, 0.1) is 0 Å². The second-order valence-corrected chi connectivity index (χ2v) is 9.21. The van der Waals surface area contributed by atoms with Crippen LogP contribution in [0.5, 0.6) is 0 Å². The maximum Gasteiger partial charge on any atom is 0.0122 e. The van der Waals surface area contributed by atoms with Crippen molar-refractivity contribution in [3.8, 4) is 0 Å². The average Bonchev–Trinajstić information content (AvgIpc) is 2.06. The fraction of sp³-hybridized carbons (Fsp3) is 0.750. The minimum atomic E-state index is 0.301. The maximum absolute atomic E-state index is 2.48. The van der Waals surface area contributed by atoms with Crippen LogP contribution in [0.25, 0.3) is 0 Å². The van der Waals surface area contributed by atoms with E-state index in [9.17, 15) is 0 Å². The predicted octanol–water partition coefficient (Wildman–Crippen LogP) is 5.66. The van der Waals surface area contributed by atoms with Gasteiger partial charge in [-0.15, -0.1) is 11.8 Å². The molecule has 0 aliphatic heterocycles. The van der Waals surface area contributed by atoms with Crippen LogP contribution in [0.15, 0.2) is 22.6 Å². The maximum atomic E-state index is 2.48. The summed E-state index contributed by atoms with van der Waals surface area (Å²) in [5.74, 6) is 1.30. The molecule has 0 fully saturated rings. The number of thioether (sulfide) groups is 1. The standard InChI is InChI=1S/C16H28S/c1-11-10-14(17-16(6,7)8)12(2)9-13(11)15(3,4)5/h9-11,13H,1-8H3/t11-,13?/m1/s1. The minimum absolute atomic E-state index is 0.301. The van der Waals surface area contributed by atoms with Crippen LogP contribution >= 0.6 is 11.8 Å². The lowest BCUT2D eigenvalue weighted by atomic mass is 9.71. The molecule has 98 valence electrons. The molecule has 17 heavy (non-hydrogen) atoms. The Bertz CT molecular complexity index is 334. The van der Waals surface area contributed by atoms with Gasteiger partial charge in [-0.3, -0.25) is 0 Å². The molecule has 1 unspecified atom stereocenters. The van der Waals surface area contributed by atoms with Gasteiger partial charge in [0.25, 0.3) is 0 Å². The molecule has 0 bridgehead atoms. The highest BCUT2D eigenvalue weighted by Crippen LogP contribution is 2.44. The summed E-state index contributed by atoms with van der Waals surface area (Å²) in [5, 5.41) is 0. The first-order valence-electron chi connectivity index (χ1n) is 6.60. The molecule has 2 atom stereocenters. The molecule has 1 heteroatoms. The molecule has 0 aromatic heterocycles. The van der Waals surface area contributed by atoms with Crippen molar-refractivity contribution in [3.63, 3.8) is 0 Å². The van der Waals surface area contributed by atoms with Gasteiger partial charge in [0, 0.05) is 9.65 Å². The lowest BCUT2D eigenvalue weighted by Gasteiger charge is -2.36. The third kappa shape index (κ3) is 4.21. The minimum Gasteiger partial charge on any atom is -0.120 e. The van der Waals surface area contributed by atoms with E-state index in [1.807, 2.05) is 11.8 Å². The highest BCUT2D eigenvalue weighted by Gasteiger charge is 2.30. The lowest BCUT2D eigenvalue weighted by molar-refractivity contribution is 0.243. The van der Waals surface area contributed by atoms with Crippen LogP contribution in [0.3, 0.4) is 0 Å². The largest absolute Gasteiger partial charge is 0.120 e. The fourth-order valence-electron chi connectivity index (χ4n) is 2.46. The Labute approximate surface area is 112 Å². The molecule has 0 saturated heterocycles. The monoisotopic (exact) mass is 252 g/mol. The Morgan fingerprint density at radius 3 is 1.94 bits per heavy atom. The van der Waals surface area contributed by atoms with Crippen molar-refractivity contribution >= 4 is 11.8 Å². The van der Waals surface area contributed by atoms with Crippen LogP contribution in [-0.2, 0) is 0 Å². The molecule has 1 rings (SSSR count). The molecular weight excluding hydrogens is 224 g/mol. The summed E-state index contributed by atoms with van der Waals surface area (Å²) in [4.78, 5) is 1.48. The van der Waals surface area contributed by atoms with Gasteiger partial charge in [-0.2, -0.15) is 0 Å². The molecule has 0 saturated carbocycles. The Morgan fingerprint density at radius 2 is 1.53 bits per heavy atom. The van der Waals surface area contributed by atoms with Crippen molar-refractivity contribution in [2.75, 3.05) is 0 Å². The topological polar surface area (TPSA) is 0 Å². The summed E-state index contributed by atoms with van der Waals surface area (Å²) < 4.78 is 0.301. The van der Waals surface area contributed by atoms with E-state index in [2.05, 4.69) is 67.5 Å². The first-order chi connectivity index (χ1) is 7.50. The zero-order valence-electron chi connectivity index (χ0n) is 12.7. The molecule has 0 amide bonds. The molecule has 1 aliphatic rings. The van der Waals surface area contributed by atoms with Crippen molar-refractivity contribution in [1.82, 2.24) is 0 Å². The zero-order chi connectivity index (χ0) is 13.4. The van der Waals surface area contributed by atoms with E-state index in [0.717, 1.165) is 0 Å². The van der Waals surface area contributed by atoms with Crippen molar-refractivity contribution in [2.24, 2.45) is 17.3 Å². The smallest absolute Gasteiger partial charge is 0.0122 e. The Morgan fingerprint density at radius 1 is 1.00 bits per heavy atom. The van der Waals surface area contributed by atoms with Crippen molar-refractivity contribution in [2.45, 2.75) is 60.1 Å². The van der Waals surface area contributed by atoms with Crippen LogP contribution in [0.4, 0.5) is 0 Å². The van der Waals surface area contributed by atoms with Gasteiger partial charge < -0.3 is 0 Å². The highest BCUT2D eigenvalue weighted by atomic mass is 32.2. The van der Waals surface area contributed by atoms with Gasteiger partial charge >= 0.3 is 0 Å². The van der Waals surface area contributed by atoms with Crippen molar-refractivity contribution in [1.29, 1.82) is 0 Å². The number of hydrogen-bond acceptors (Lipinski definition) is 1. The first kappa shape index (κ1) is 14.9. The Hall–Kier alpha value is -0.170. The number of hydrogen-bond donors (Lipinski definition) is 0. The first-order valence-corrected chi connectivity index (χ1v) is 7.42. The Balaban J connectivity index is 2.92. The number of rotatable bonds is 1. The molecule has 0 spiro atoms. The third-order valence-electron chi connectivity index (χ3n) is 3.22. The van der Waals surface area contributed by atoms with Crippen molar-refractivity contribution in [3.05, 3.63) is 22.6 Å². The van der Waals surface area contributed by atoms with Crippen LogP contribution in [0, 0.1) is 17.3 Å². The average molecular weight is 252 g/mol. The van der Waals surface area contributed by atoms with Gasteiger partial charge in [0.1, 0.15) is 0 Å². The second-order valence-electron chi connectivity index (χ2n) is 7.35. The van der Waals surface area contributed by atoms with Gasteiger partial charge in [0.2, 0.25) is 0 Å². The van der Waals surface area contributed by atoms with E-state index >= 15 is 0 Å². The molecule has 0 aromatic carbocycles. The van der Waals surface area contributed by atoms with Crippen LogP contribution in [0.2, 0.25) is 0 Å². The summed E-state index contributed by atoms with van der Waals surface area (Å²) >= 11 is 2.00. The normalized spacial score (nSPS) is 26.6. The highest BCUT2D eigenvalue weighted by molar-refractivity contribution is 8.04. The second kappa shape index (κ2) is 4.84. The summed E-state index contributed by atoms with van der Waals surface area (Å²) in [6.07, 6.45) is 4.96. The quantitative estimate of drug-likeness (QED) is 0.580. The van der Waals surface area contributed by atoms with Crippen LogP contribution < -0.4 is 0 Å². The van der Waals surface area contributed by atoms with E-state index in [0.29, 0.717) is 22.0 Å². The molecule has 0 radical (unpaired) electrons. The zero-order valence-corrected chi connectivity index (χ0v) is 13.5. The van der Waals surface area contributed by atoms with Gasteiger partial charge in [-0.05, 0) is 29.7 Å². The molecular formula is C16H28S. The third-order valence-corrected chi connectivity index (χ3v) is 4.51. The van der Waals surface area contributed by atoms with Gasteiger partial charge in [-0.25, -0.2) is 0 Å². The predicted molar refractivity (Wildman–Crippen MR) is 81.3 cm³/mol. The summed E-state index contributed by atoms with van der Waals surface area (Å²) in [5.41, 5.74) is 1.82. The van der Waals surface area contributed by atoms with E-state index in [-0.39, 0.29) is 0 Å². The summed E-state index contributed by atoms with van der Waals surface area (Å²) in [6, 6.07) is 0. The molecule has 0 aromatic rings. The van der Waals surface area contributed by atoms with E-state index in [1.54, 1.807) is 0 Å². The van der Waals surface area contributed by atoms with Crippen molar-refractivity contribution < 1.29 is 0 Å². The van der Waals surface area contributed by atoms with Crippen LogP contribution in [0.1, 0.15) is 55.4 Å². The molecule has 0 heterocycles. The Kier molecular flexibility index (Phi) is 4.24. The lowest BCUT2D eigenvalue weighted by Crippen LogP contribution is -2.26. The fourth-order valence-corrected chi connectivity index (χ4v) is 3.63. The molecule has 1 aliphatic carbocycles.